The third-order valence-corrected chi connectivity index (χ3v) is 10.1. The van der Waals surface area contributed by atoms with Crippen molar-refractivity contribution < 1.29 is 31.1 Å². The Hall–Kier alpha value is -3.05. The van der Waals surface area contributed by atoms with Gasteiger partial charge in [-0.2, -0.15) is 12.7 Å². The molecule has 3 aromatic carbocycles. The van der Waals surface area contributed by atoms with E-state index in [1.54, 1.807) is 60.7 Å². The van der Waals surface area contributed by atoms with Gasteiger partial charge in [0, 0.05) is 6.54 Å². The van der Waals surface area contributed by atoms with Gasteiger partial charge < -0.3 is 9.47 Å². The zero-order valence-corrected chi connectivity index (χ0v) is 21.7. The first-order valence-corrected chi connectivity index (χ1v) is 15.1. The summed E-state index contributed by atoms with van der Waals surface area (Å²) in [6.45, 7) is 1.14. The van der Waals surface area contributed by atoms with Gasteiger partial charge in [0.05, 0.1) is 18.9 Å². The second kappa shape index (κ2) is 12.3. The van der Waals surface area contributed by atoms with Crippen molar-refractivity contribution in [2.45, 2.75) is 32.2 Å². The number of esters is 1. The van der Waals surface area contributed by atoms with E-state index in [0.29, 0.717) is 17.4 Å². The summed E-state index contributed by atoms with van der Waals surface area (Å²) in [5, 5.41) is 0. The Bertz CT molecular complexity index is 1330. The normalized spacial score (nSPS) is 13.8. The molecule has 0 fully saturated rings. The van der Waals surface area contributed by atoms with Crippen LogP contribution < -0.4 is 0 Å². The van der Waals surface area contributed by atoms with E-state index in [1.807, 2.05) is 30.3 Å². The van der Waals surface area contributed by atoms with E-state index < -0.39 is 36.0 Å². The van der Waals surface area contributed by atoms with Crippen molar-refractivity contribution in [3.05, 3.63) is 108 Å². The van der Waals surface area contributed by atoms with Gasteiger partial charge in [-0.3, -0.25) is 0 Å². The van der Waals surface area contributed by atoms with Gasteiger partial charge in [0.2, 0.25) is 0 Å². The maximum atomic E-state index is 13.1. The molecule has 3 rings (SSSR count). The minimum atomic E-state index is -4.79. The van der Waals surface area contributed by atoms with Crippen LogP contribution in [0.1, 0.15) is 29.7 Å². The van der Waals surface area contributed by atoms with Gasteiger partial charge in [-0.15, -0.1) is 0 Å². The first kappa shape index (κ1) is 27.5. The van der Waals surface area contributed by atoms with Crippen molar-refractivity contribution in [3.8, 4) is 0 Å². The van der Waals surface area contributed by atoms with E-state index in [0.717, 1.165) is 9.87 Å². The number of carbonyl (C=O) groups excluding carboxylic acids is 1. The highest BCUT2D eigenvalue weighted by Crippen LogP contribution is 2.30. The smallest absolute Gasteiger partial charge is 0.332 e. The van der Waals surface area contributed by atoms with Gasteiger partial charge in [-0.05, 0) is 23.6 Å². The lowest BCUT2D eigenvalue weighted by atomic mass is 10.0. The summed E-state index contributed by atoms with van der Waals surface area (Å²) in [7, 11) is -9.32. The highest BCUT2D eigenvalue weighted by molar-refractivity contribution is 8.66. The molecule has 10 heteroatoms. The van der Waals surface area contributed by atoms with Crippen LogP contribution in [-0.2, 0) is 45.3 Å². The molecule has 36 heavy (non-hydrogen) atoms. The van der Waals surface area contributed by atoms with Gasteiger partial charge >= 0.3 is 15.0 Å². The standard InChI is InChI=1S/C26H29NO7S2/c1-21(27(36(31,32)35(2,29)30)18-22-12-6-3-7-13-22)26(24-16-10-5-11-17-24)34-25(28)20-33-19-23-14-8-4-9-15-23/h3-17,21,26H,18-20H2,1-2H3/t21-,26-/m1/s1. The zero-order valence-electron chi connectivity index (χ0n) is 20.1. The topological polar surface area (TPSA) is 107 Å². The molecule has 0 spiro atoms. The second-order valence-corrected chi connectivity index (χ2v) is 14.0. The molecule has 0 aliphatic heterocycles. The largest absolute Gasteiger partial charge is 0.454 e. The lowest BCUT2D eigenvalue weighted by molar-refractivity contribution is -0.157. The van der Waals surface area contributed by atoms with Crippen LogP contribution in [0.25, 0.3) is 0 Å². The maximum absolute atomic E-state index is 13.1. The van der Waals surface area contributed by atoms with Crippen LogP contribution in [0.15, 0.2) is 91.0 Å². The molecule has 0 amide bonds. The number of nitrogens with zero attached hydrogens (tertiary/aromatic N) is 1. The molecule has 0 radical (unpaired) electrons. The summed E-state index contributed by atoms with van der Waals surface area (Å²) in [5.41, 5.74) is 1.98. The molecule has 2 atom stereocenters. The summed E-state index contributed by atoms with van der Waals surface area (Å²) < 4.78 is 62.8. The fourth-order valence-electron chi connectivity index (χ4n) is 3.60. The summed E-state index contributed by atoms with van der Waals surface area (Å²) >= 11 is 0. The van der Waals surface area contributed by atoms with Crippen molar-refractivity contribution in [3.63, 3.8) is 0 Å². The molecular formula is C26H29NO7S2. The Labute approximate surface area is 211 Å². The van der Waals surface area contributed by atoms with Gasteiger partial charge in [-0.25, -0.2) is 13.2 Å². The van der Waals surface area contributed by atoms with Gasteiger partial charge in [-0.1, -0.05) is 91.0 Å². The van der Waals surface area contributed by atoms with Crippen LogP contribution in [0, 0.1) is 0 Å². The molecule has 0 unspecified atom stereocenters. The van der Waals surface area contributed by atoms with Crippen LogP contribution >= 0.6 is 0 Å². The molecule has 0 heterocycles. The first-order chi connectivity index (χ1) is 17.1. The third kappa shape index (κ3) is 7.23. The van der Waals surface area contributed by atoms with E-state index in [2.05, 4.69) is 0 Å². The maximum Gasteiger partial charge on any atom is 0.332 e. The van der Waals surface area contributed by atoms with Crippen LogP contribution in [0.2, 0.25) is 0 Å². The SMILES string of the molecule is C[C@H]([C@@H](OC(=O)COCc1ccccc1)c1ccccc1)N(Cc1ccccc1)S(=O)(=O)S(C)(=O)=O. The fourth-order valence-corrected chi connectivity index (χ4v) is 6.39. The second-order valence-electron chi connectivity index (χ2n) is 8.23. The van der Waals surface area contributed by atoms with Crippen LogP contribution in [0.3, 0.4) is 0 Å². The molecule has 0 aromatic heterocycles. The van der Waals surface area contributed by atoms with Gasteiger partial charge in [0.15, 0.2) is 0 Å². The van der Waals surface area contributed by atoms with E-state index in [9.17, 15) is 21.6 Å². The lowest BCUT2D eigenvalue weighted by Gasteiger charge is -2.33. The summed E-state index contributed by atoms with van der Waals surface area (Å²) in [6, 6.07) is 25.4. The summed E-state index contributed by atoms with van der Waals surface area (Å²) in [5.74, 6) is -0.706. The van der Waals surface area contributed by atoms with Crippen LogP contribution in [-0.4, -0.2) is 46.0 Å². The predicted molar refractivity (Wildman–Crippen MR) is 137 cm³/mol. The average Bonchev–Trinajstić information content (AvgIpc) is 2.86. The van der Waals surface area contributed by atoms with E-state index in [4.69, 9.17) is 9.47 Å². The predicted octanol–water partition coefficient (Wildman–Crippen LogP) is 3.67. The molecule has 0 saturated heterocycles. The Balaban J connectivity index is 1.87. The molecule has 8 nitrogen and oxygen atoms in total. The molecule has 0 bridgehead atoms. The van der Waals surface area contributed by atoms with Crippen LogP contribution in [0.4, 0.5) is 0 Å². The van der Waals surface area contributed by atoms with Crippen molar-refractivity contribution in [2.24, 2.45) is 0 Å². The summed E-state index contributed by atoms with van der Waals surface area (Å²) in [6.07, 6.45) is -0.437. The molecule has 0 aliphatic carbocycles. The van der Waals surface area contributed by atoms with Crippen molar-refractivity contribution in [2.75, 3.05) is 12.9 Å². The monoisotopic (exact) mass is 531 g/mol. The number of rotatable bonds is 12. The van der Waals surface area contributed by atoms with E-state index >= 15 is 0 Å². The Morgan fingerprint density at radius 1 is 0.806 bits per heavy atom. The van der Waals surface area contributed by atoms with Gasteiger partial charge in [0.1, 0.15) is 12.7 Å². The van der Waals surface area contributed by atoms with Crippen molar-refractivity contribution >= 4 is 23.9 Å². The minimum Gasteiger partial charge on any atom is -0.454 e. The quantitative estimate of drug-likeness (QED) is 0.259. The zero-order chi connectivity index (χ0) is 26.2. The lowest BCUT2D eigenvalue weighted by Crippen LogP contribution is -2.45. The van der Waals surface area contributed by atoms with Crippen molar-refractivity contribution in [1.82, 2.24) is 4.31 Å². The third-order valence-electron chi connectivity index (χ3n) is 5.46. The number of hydrogen-bond acceptors (Lipinski definition) is 7. The fraction of sp³-hybridized carbons (Fsp3) is 0.269. The van der Waals surface area contributed by atoms with Crippen LogP contribution in [0.5, 0.6) is 0 Å². The highest BCUT2D eigenvalue weighted by Gasteiger charge is 2.40. The number of benzene rings is 3. The average molecular weight is 532 g/mol. The molecule has 0 N–H and O–H groups in total. The first-order valence-electron chi connectivity index (χ1n) is 11.2. The molecule has 192 valence electrons. The summed E-state index contributed by atoms with van der Waals surface area (Å²) in [4.78, 5) is 12.7. The number of ether oxygens (including phenoxy) is 2. The molecular weight excluding hydrogens is 502 g/mol. The Morgan fingerprint density at radius 3 is 1.83 bits per heavy atom. The molecule has 0 saturated carbocycles. The van der Waals surface area contributed by atoms with E-state index in [1.165, 1.54) is 6.92 Å². The van der Waals surface area contributed by atoms with Crippen molar-refractivity contribution in [1.29, 1.82) is 0 Å². The Morgan fingerprint density at radius 2 is 1.31 bits per heavy atom. The Kier molecular flexibility index (Phi) is 9.38. The molecule has 3 aromatic rings. The highest BCUT2D eigenvalue weighted by atomic mass is 33.2. The van der Waals surface area contributed by atoms with E-state index in [-0.39, 0.29) is 19.8 Å². The minimum absolute atomic E-state index is 0.198. The number of carbonyl (C=O) groups is 1. The molecule has 0 aliphatic rings. The van der Waals surface area contributed by atoms with Gasteiger partial charge in [0.25, 0.3) is 8.87 Å². The number of hydrogen-bond donors (Lipinski definition) is 0.